The van der Waals surface area contributed by atoms with Crippen molar-refractivity contribution in [2.75, 3.05) is 14.2 Å². The minimum Gasteiger partial charge on any atom is -0.464 e. The molecule has 0 spiro atoms. The fourth-order valence-electron chi connectivity index (χ4n) is 1.67. The number of aromatic nitrogens is 2. The van der Waals surface area contributed by atoms with Crippen LogP contribution in [0.5, 0.6) is 0 Å². The second-order valence-corrected chi connectivity index (χ2v) is 7.46. The minimum atomic E-state index is -0.472. The highest BCUT2D eigenvalue weighted by Gasteiger charge is 2.08. The Hall–Kier alpha value is -3.02. The van der Waals surface area contributed by atoms with Crippen LogP contribution in [-0.4, -0.2) is 53.7 Å². The van der Waals surface area contributed by atoms with Gasteiger partial charge in [0.25, 0.3) is 0 Å². The average molecular weight is 629 g/mol. The quantitative estimate of drug-likeness (QED) is 0.272. The average Bonchev–Trinajstić information content (AvgIpc) is 2.72. The maximum absolute atomic E-state index is 11.0. The Morgan fingerprint density at radius 2 is 1.15 bits per heavy atom. The highest BCUT2D eigenvalue weighted by molar-refractivity contribution is 14.1. The minimum absolute atomic E-state index is 0.238. The van der Waals surface area contributed by atoms with Crippen molar-refractivity contribution in [1.82, 2.24) is 9.97 Å². The van der Waals surface area contributed by atoms with Crippen molar-refractivity contribution in [3.05, 3.63) is 55.6 Å². The lowest BCUT2D eigenvalue weighted by Gasteiger charge is -2.00. The molecule has 0 aromatic carbocycles. The van der Waals surface area contributed by atoms with Gasteiger partial charge in [0, 0.05) is 26.9 Å². The lowest BCUT2D eigenvalue weighted by molar-refractivity contribution is -0.193. The van der Waals surface area contributed by atoms with Crippen molar-refractivity contribution in [3.8, 4) is 0 Å². The molecule has 2 aromatic heterocycles. The molecule has 14 heteroatoms. The smallest absolute Gasteiger partial charge is 0.373 e. The molecule has 2 aromatic rings. The second kappa shape index (κ2) is 21.8. The standard InChI is InChI=1S/C8H8ClNO2.C8H8INO2.C2H3ClO.2CO2/c2*1-5-3-6(9)4-7(10-5)8(11)12-2;1-2(3)4;2*2-1-3/h2*3-4H,1-2H3;1H3;;. The van der Waals surface area contributed by atoms with E-state index in [9.17, 15) is 14.4 Å². The molecule has 0 aliphatic carbocycles. The zero-order valence-corrected chi connectivity index (χ0v) is 22.2. The van der Waals surface area contributed by atoms with Gasteiger partial charge in [-0.05, 0) is 72.3 Å². The molecule has 0 aliphatic heterocycles. The fourth-order valence-corrected chi connectivity index (χ4v) is 2.68. The summed E-state index contributed by atoms with van der Waals surface area (Å²) in [7, 11) is 2.65. The third kappa shape index (κ3) is 20.9. The molecule has 2 heterocycles. The fraction of sp³-hybridized carbons (Fsp3) is 0.250. The van der Waals surface area contributed by atoms with E-state index in [1.54, 1.807) is 19.1 Å². The number of hydrogen-bond acceptors (Lipinski definition) is 11. The molecule has 34 heavy (non-hydrogen) atoms. The summed E-state index contributed by atoms with van der Waals surface area (Å²) in [6.45, 7) is 4.90. The maximum Gasteiger partial charge on any atom is 0.373 e. The Morgan fingerprint density at radius 1 is 0.824 bits per heavy atom. The Bertz CT molecular complexity index is 901. The highest BCUT2D eigenvalue weighted by Crippen LogP contribution is 2.11. The van der Waals surface area contributed by atoms with Crippen LogP contribution in [0.4, 0.5) is 0 Å². The number of aryl methyl sites for hydroxylation is 2. The van der Waals surface area contributed by atoms with Crippen LogP contribution in [0.3, 0.4) is 0 Å². The molecule has 184 valence electrons. The largest absolute Gasteiger partial charge is 0.464 e. The van der Waals surface area contributed by atoms with E-state index in [1.807, 2.05) is 13.0 Å². The molecule has 11 nitrogen and oxygen atoms in total. The Balaban J connectivity index is -0.000000409. The Labute approximate surface area is 218 Å². The van der Waals surface area contributed by atoms with Crippen molar-refractivity contribution in [3.63, 3.8) is 0 Å². The predicted molar refractivity (Wildman–Crippen MR) is 125 cm³/mol. The molecule has 2 rings (SSSR count). The van der Waals surface area contributed by atoms with Crippen LogP contribution in [0.25, 0.3) is 0 Å². The number of carbonyl (C=O) groups excluding carboxylic acids is 7. The van der Waals surface area contributed by atoms with E-state index in [1.165, 1.54) is 27.2 Å². The molecular formula is C20H19Cl2IN2O9. The Kier molecular flexibility index (Phi) is 22.8. The normalized spacial score (nSPS) is 8.00. The van der Waals surface area contributed by atoms with Crippen molar-refractivity contribution < 1.29 is 43.0 Å². The highest BCUT2D eigenvalue weighted by atomic mass is 127. The summed E-state index contributed by atoms with van der Waals surface area (Å²) in [5.41, 5.74) is 2.12. The molecule has 0 amide bonds. The summed E-state index contributed by atoms with van der Waals surface area (Å²) in [6.07, 6.45) is 0.500. The summed E-state index contributed by atoms with van der Waals surface area (Å²) in [5, 5.41) is 0.128. The number of nitrogens with zero attached hydrogens (tertiary/aromatic N) is 2. The van der Waals surface area contributed by atoms with Gasteiger partial charge < -0.3 is 9.47 Å². The SMILES string of the molecule is CC(=O)Cl.COC(=O)c1cc(Cl)cc(C)n1.COC(=O)c1cc(I)cc(C)n1.O=C=O.O=C=O. The van der Waals surface area contributed by atoms with Gasteiger partial charge in [-0.3, -0.25) is 4.79 Å². The molecular weight excluding hydrogens is 610 g/mol. The first-order valence-electron chi connectivity index (χ1n) is 8.42. The molecule has 0 radical (unpaired) electrons. The number of methoxy groups -OCH3 is 2. The topological polar surface area (TPSA) is 164 Å². The first-order chi connectivity index (χ1) is 15.8. The molecule has 0 N–H and O–H groups in total. The number of hydrogen-bond donors (Lipinski definition) is 0. The van der Waals surface area contributed by atoms with Gasteiger partial charge in [-0.1, -0.05) is 11.6 Å². The van der Waals surface area contributed by atoms with Gasteiger partial charge in [0.05, 0.1) is 14.2 Å². The molecule has 0 fully saturated rings. The van der Waals surface area contributed by atoms with Gasteiger partial charge in [-0.25, -0.2) is 19.6 Å². The van der Waals surface area contributed by atoms with Crippen molar-refractivity contribution in [1.29, 1.82) is 0 Å². The third-order valence-corrected chi connectivity index (χ3v) is 3.47. The summed E-state index contributed by atoms with van der Waals surface area (Å²) < 4.78 is 10.0. The summed E-state index contributed by atoms with van der Waals surface area (Å²) in [6, 6.07) is 6.74. The number of halogens is 3. The van der Waals surface area contributed by atoms with Crippen LogP contribution >= 0.6 is 45.8 Å². The number of ether oxygens (including phenoxy) is 2. The molecule has 0 unspecified atom stereocenters. The molecule has 0 saturated carbocycles. The van der Waals surface area contributed by atoms with E-state index < -0.39 is 11.9 Å². The molecule has 0 saturated heterocycles. The first-order valence-corrected chi connectivity index (χ1v) is 10.3. The molecule has 0 bridgehead atoms. The van der Waals surface area contributed by atoms with Crippen LogP contribution < -0.4 is 0 Å². The van der Waals surface area contributed by atoms with Crippen LogP contribution in [0.2, 0.25) is 5.02 Å². The van der Waals surface area contributed by atoms with E-state index in [0.717, 1.165) is 9.26 Å². The monoisotopic (exact) mass is 628 g/mol. The van der Waals surface area contributed by atoms with Gasteiger partial charge in [-0.2, -0.15) is 19.2 Å². The first kappa shape index (κ1) is 35.6. The van der Waals surface area contributed by atoms with E-state index in [-0.39, 0.29) is 23.2 Å². The summed E-state index contributed by atoms with van der Waals surface area (Å²) in [5.74, 6) is -0.864. The van der Waals surface area contributed by atoms with Gasteiger partial charge in [-0.15, -0.1) is 0 Å². The molecule has 0 aliphatic rings. The van der Waals surface area contributed by atoms with Gasteiger partial charge in [0.1, 0.15) is 11.4 Å². The van der Waals surface area contributed by atoms with Gasteiger partial charge in [0.2, 0.25) is 5.24 Å². The third-order valence-electron chi connectivity index (χ3n) is 2.63. The van der Waals surface area contributed by atoms with Gasteiger partial charge >= 0.3 is 24.2 Å². The van der Waals surface area contributed by atoms with Gasteiger partial charge in [0.15, 0.2) is 0 Å². The molecule has 0 atom stereocenters. The maximum atomic E-state index is 11.0. The van der Waals surface area contributed by atoms with E-state index in [4.69, 9.17) is 30.8 Å². The summed E-state index contributed by atoms with van der Waals surface area (Å²) in [4.78, 5) is 71.7. The summed E-state index contributed by atoms with van der Waals surface area (Å²) >= 11 is 12.5. The Morgan fingerprint density at radius 3 is 1.44 bits per heavy atom. The zero-order valence-electron chi connectivity index (χ0n) is 18.5. The lowest BCUT2D eigenvalue weighted by Crippen LogP contribution is -2.05. The lowest BCUT2D eigenvalue weighted by atomic mass is 10.3. The van der Waals surface area contributed by atoms with E-state index >= 15 is 0 Å². The van der Waals surface area contributed by atoms with Crippen molar-refractivity contribution >= 4 is 75.3 Å². The number of pyridine rings is 2. The second-order valence-electron chi connectivity index (χ2n) is 5.24. The predicted octanol–water partition coefficient (Wildman–Crippen LogP) is 3.22. The van der Waals surface area contributed by atoms with Crippen molar-refractivity contribution in [2.24, 2.45) is 0 Å². The van der Waals surface area contributed by atoms with Crippen molar-refractivity contribution in [2.45, 2.75) is 20.8 Å². The van der Waals surface area contributed by atoms with Crippen LogP contribution in [0.1, 0.15) is 39.3 Å². The zero-order chi connectivity index (χ0) is 27.3. The van der Waals surface area contributed by atoms with E-state index in [0.29, 0.717) is 16.4 Å². The van der Waals surface area contributed by atoms with Crippen LogP contribution in [0, 0.1) is 17.4 Å². The van der Waals surface area contributed by atoms with Crippen LogP contribution in [-0.2, 0) is 33.4 Å². The van der Waals surface area contributed by atoms with E-state index in [2.05, 4.69) is 53.6 Å². The number of carbonyl (C=O) groups is 3. The number of rotatable bonds is 2. The number of esters is 2. The van der Waals surface area contributed by atoms with Crippen LogP contribution in [0.15, 0.2) is 24.3 Å².